The molecule has 1 amide bonds. The second kappa shape index (κ2) is 16.3. The van der Waals surface area contributed by atoms with Crippen LogP contribution in [0.4, 0.5) is 0 Å². The number of nitrogens with one attached hydrogen (secondary N) is 3. The van der Waals surface area contributed by atoms with Gasteiger partial charge in [0.1, 0.15) is 12.1 Å². The van der Waals surface area contributed by atoms with E-state index in [1.807, 2.05) is 60.8 Å². The SMILES string of the molecule is COC(=O)[C@H](Cc1ccccc1)NC(=O)[C@H](CC(=O)O)NCCC(C)(C)C.N[C@H](Cc1c[nH]c2ccccc12)C(=O)O. The van der Waals surface area contributed by atoms with E-state index in [0.29, 0.717) is 13.0 Å². The third kappa shape index (κ3) is 11.7. The van der Waals surface area contributed by atoms with Crippen molar-refractivity contribution in [3.63, 3.8) is 0 Å². The molecule has 0 aliphatic heterocycles. The lowest BCUT2D eigenvalue weighted by atomic mass is 9.92. The van der Waals surface area contributed by atoms with Crippen LogP contribution in [0.25, 0.3) is 10.9 Å². The van der Waals surface area contributed by atoms with Gasteiger partial charge in [0.2, 0.25) is 5.91 Å². The van der Waals surface area contributed by atoms with Crippen molar-refractivity contribution in [1.29, 1.82) is 0 Å². The summed E-state index contributed by atoms with van der Waals surface area (Å²) in [5.74, 6) is -3.16. The van der Waals surface area contributed by atoms with Gasteiger partial charge in [0.15, 0.2) is 0 Å². The maximum atomic E-state index is 12.6. The number of esters is 1. The van der Waals surface area contributed by atoms with Crippen LogP contribution < -0.4 is 16.4 Å². The van der Waals surface area contributed by atoms with Crippen molar-refractivity contribution in [2.45, 2.75) is 64.6 Å². The highest BCUT2D eigenvalue weighted by Gasteiger charge is 2.28. The Labute approximate surface area is 245 Å². The molecule has 0 bridgehead atoms. The number of carboxylic acids is 2. The molecule has 42 heavy (non-hydrogen) atoms. The number of ether oxygens (including phenoxy) is 1. The maximum absolute atomic E-state index is 12.6. The number of carbonyl (C=O) groups is 4. The van der Waals surface area contributed by atoms with E-state index in [1.54, 1.807) is 0 Å². The number of hydrogen-bond acceptors (Lipinski definition) is 7. The molecule has 1 heterocycles. The zero-order valence-corrected chi connectivity index (χ0v) is 24.6. The molecule has 11 nitrogen and oxygen atoms in total. The average molecular weight is 583 g/mol. The minimum Gasteiger partial charge on any atom is -0.481 e. The Morgan fingerprint density at radius 2 is 1.60 bits per heavy atom. The van der Waals surface area contributed by atoms with Crippen LogP contribution >= 0.6 is 0 Å². The summed E-state index contributed by atoms with van der Waals surface area (Å²) in [5.41, 5.74) is 8.35. The molecule has 0 saturated carbocycles. The van der Waals surface area contributed by atoms with Gasteiger partial charge in [-0.25, -0.2) is 4.79 Å². The molecule has 0 unspecified atom stereocenters. The molecule has 3 aromatic rings. The lowest BCUT2D eigenvalue weighted by Crippen LogP contribution is -2.52. The fraction of sp³-hybridized carbons (Fsp3) is 0.419. The number of para-hydroxylation sites is 1. The average Bonchev–Trinajstić information content (AvgIpc) is 3.34. The highest BCUT2D eigenvalue weighted by Crippen LogP contribution is 2.19. The van der Waals surface area contributed by atoms with E-state index in [-0.39, 0.29) is 18.3 Å². The van der Waals surface area contributed by atoms with Crippen molar-refractivity contribution >= 4 is 34.7 Å². The van der Waals surface area contributed by atoms with Gasteiger partial charge in [0.25, 0.3) is 0 Å². The minimum atomic E-state index is -1.09. The number of aromatic nitrogens is 1. The molecule has 3 rings (SSSR count). The van der Waals surface area contributed by atoms with E-state index >= 15 is 0 Å². The van der Waals surface area contributed by atoms with Gasteiger partial charge in [0.05, 0.1) is 19.6 Å². The molecule has 0 saturated heterocycles. The lowest BCUT2D eigenvalue weighted by Gasteiger charge is -2.23. The molecule has 3 atom stereocenters. The van der Waals surface area contributed by atoms with E-state index in [9.17, 15) is 19.2 Å². The number of hydrogen-bond donors (Lipinski definition) is 6. The summed E-state index contributed by atoms with van der Waals surface area (Å²) in [6, 6.07) is 14.3. The molecule has 11 heteroatoms. The first-order chi connectivity index (χ1) is 19.8. The third-order valence-corrected chi connectivity index (χ3v) is 6.48. The molecule has 0 fully saturated rings. The number of benzene rings is 2. The van der Waals surface area contributed by atoms with Gasteiger partial charge in [-0.2, -0.15) is 0 Å². The second-order valence-corrected chi connectivity index (χ2v) is 11.2. The summed E-state index contributed by atoms with van der Waals surface area (Å²) >= 11 is 0. The van der Waals surface area contributed by atoms with Crippen LogP contribution in [0.5, 0.6) is 0 Å². The van der Waals surface area contributed by atoms with Crippen LogP contribution in [0.15, 0.2) is 60.8 Å². The predicted octanol–water partition coefficient (Wildman–Crippen LogP) is 2.88. The Morgan fingerprint density at radius 1 is 0.952 bits per heavy atom. The summed E-state index contributed by atoms with van der Waals surface area (Å²) in [6.45, 7) is 6.69. The lowest BCUT2D eigenvalue weighted by molar-refractivity contribution is -0.145. The topological polar surface area (TPSA) is 184 Å². The monoisotopic (exact) mass is 582 g/mol. The summed E-state index contributed by atoms with van der Waals surface area (Å²) in [7, 11) is 1.25. The molecule has 0 radical (unpaired) electrons. The van der Waals surface area contributed by atoms with Crippen molar-refractivity contribution in [3.05, 3.63) is 71.9 Å². The molecule has 0 aliphatic rings. The molecule has 2 aromatic carbocycles. The van der Waals surface area contributed by atoms with Crippen molar-refractivity contribution in [2.75, 3.05) is 13.7 Å². The first kappa shape index (κ1) is 34.0. The Balaban J connectivity index is 0.000000343. The van der Waals surface area contributed by atoms with Crippen LogP contribution in [0, 0.1) is 5.41 Å². The number of rotatable bonds is 13. The van der Waals surface area contributed by atoms with Crippen LogP contribution in [-0.4, -0.2) is 70.8 Å². The number of carboxylic acid groups (broad SMARTS) is 2. The number of nitrogens with two attached hydrogens (primary N) is 1. The third-order valence-electron chi connectivity index (χ3n) is 6.48. The standard InChI is InChI=1S/C20H30N2O5.C11H12N2O2/c1-20(2,3)10-11-21-15(13-17(23)24)18(25)22-16(19(26)27-4)12-14-8-6-5-7-9-14;12-9(11(14)15)5-7-6-13-10-4-2-1-3-8(7)10/h5-9,15-16,21H,10-13H2,1-4H3,(H,22,25)(H,23,24);1-4,6,9,13H,5,12H2,(H,14,15)/t15-,16-;9-/m01/s1. The first-order valence-electron chi connectivity index (χ1n) is 13.7. The molecule has 0 aliphatic carbocycles. The molecule has 0 spiro atoms. The number of H-pyrrole nitrogens is 1. The van der Waals surface area contributed by atoms with Crippen molar-refractivity contribution in [3.8, 4) is 0 Å². The number of methoxy groups -OCH3 is 1. The molecular weight excluding hydrogens is 540 g/mol. The highest BCUT2D eigenvalue weighted by molar-refractivity contribution is 5.90. The number of fused-ring (bicyclic) bond motifs is 1. The summed E-state index contributed by atoms with van der Waals surface area (Å²) < 4.78 is 4.78. The van der Waals surface area contributed by atoms with Gasteiger partial charge in [0, 0.05) is 29.9 Å². The smallest absolute Gasteiger partial charge is 0.328 e. The Bertz CT molecular complexity index is 1320. The molecule has 1 aromatic heterocycles. The van der Waals surface area contributed by atoms with Crippen LogP contribution in [0.3, 0.4) is 0 Å². The van der Waals surface area contributed by atoms with Gasteiger partial charge < -0.3 is 36.3 Å². The van der Waals surface area contributed by atoms with Crippen LogP contribution in [-0.2, 0) is 36.8 Å². The van der Waals surface area contributed by atoms with E-state index in [0.717, 1.165) is 28.5 Å². The van der Waals surface area contributed by atoms with Crippen molar-refractivity contribution < 1.29 is 34.1 Å². The highest BCUT2D eigenvalue weighted by atomic mass is 16.5. The summed E-state index contributed by atoms with van der Waals surface area (Å²) in [5, 5.41) is 24.5. The number of carbonyl (C=O) groups excluding carboxylic acids is 2. The maximum Gasteiger partial charge on any atom is 0.328 e. The van der Waals surface area contributed by atoms with Crippen LogP contribution in [0.1, 0.15) is 44.7 Å². The van der Waals surface area contributed by atoms with Gasteiger partial charge in [-0.15, -0.1) is 0 Å². The quantitative estimate of drug-likeness (QED) is 0.165. The second-order valence-electron chi connectivity index (χ2n) is 11.2. The zero-order chi connectivity index (χ0) is 31.3. The van der Waals surface area contributed by atoms with Gasteiger partial charge in [-0.3, -0.25) is 14.4 Å². The number of aromatic amines is 1. The van der Waals surface area contributed by atoms with Gasteiger partial charge in [-0.05, 0) is 35.6 Å². The van der Waals surface area contributed by atoms with E-state index in [1.165, 1.54) is 7.11 Å². The first-order valence-corrected chi connectivity index (χ1v) is 13.7. The number of aliphatic carboxylic acids is 2. The van der Waals surface area contributed by atoms with E-state index in [2.05, 4.69) is 36.4 Å². The molecular formula is C31H42N4O7. The summed E-state index contributed by atoms with van der Waals surface area (Å²) in [4.78, 5) is 49.5. The normalized spacial score (nSPS) is 13.3. The predicted molar refractivity (Wildman–Crippen MR) is 160 cm³/mol. The largest absolute Gasteiger partial charge is 0.481 e. The van der Waals surface area contributed by atoms with Gasteiger partial charge >= 0.3 is 17.9 Å². The fourth-order valence-corrected chi connectivity index (χ4v) is 4.14. The van der Waals surface area contributed by atoms with Crippen molar-refractivity contribution in [1.82, 2.24) is 15.6 Å². The summed E-state index contributed by atoms with van der Waals surface area (Å²) in [6.07, 6.45) is 2.84. The Morgan fingerprint density at radius 3 is 2.19 bits per heavy atom. The number of amides is 1. The van der Waals surface area contributed by atoms with Crippen LogP contribution in [0.2, 0.25) is 0 Å². The van der Waals surface area contributed by atoms with E-state index < -0.39 is 41.9 Å². The Kier molecular flexibility index (Phi) is 13.2. The van der Waals surface area contributed by atoms with E-state index in [4.69, 9.17) is 20.7 Å². The fourth-order valence-electron chi connectivity index (χ4n) is 4.14. The minimum absolute atomic E-state index is 0.0547. The Hall–Kier alpha value is -4.22. The zero-order valence-electron chi connectivity index (χ0n) is 24.6. The van der Waals surface area contributed by atoms with Crippen molar-refractivity contribution in [2.24, 2.45) is 11.1 Å². The molecule has 7 N–H and O–H groups in total. The molecule has 228 valence electrons. The van der Waals surface area contributed by atoms with Gasteiger partial charge in [-0.1, -0.05) is 69.3 Å².